The van der Waals surface area contributed by atoms with Crippen LogP contribution in [0.1, 0.15) is 37.4 Å². The number of rotatable bonds is 9. The fourth-order valence-electron chi connectivity index (χ4n) is 3.94. The predicted molar refractivity (Wildman–Crippen MR) is 127 cm³/mol. The Kier molecular flexibility index (Phi) is 7.68. The monoisotopic (exact) mass is 467 g/mol. The summed E-state index contributed by atoms with van der Waals surface area (Å²) in [6, 6.07) is 11.4. The molecule has 1 heterocycles. The number of aliphatic hydroxyl groups is 1. The highest BCUT2D eigenvalue weighted by molar-refractivity contribution is 6.46. The number of aliphatic hydroxyl groups excluding tert-OH is 1. The Morgan fingerprint density at radius 3 is 2.44 bits per heavy atom. The molecule has 0 saturated carbocycles. The van der Waals surface area contributed by atoms with Crippen molar-refractivity contribution in [2.75, 3.05) is 27.2 Å². The van der Waals surface area contributed by atoms with Crippen molar-refractivity contribution in [1.29, 1.82) is 0 Å². The number of hydrogen-bond acceptors (Lipinski definition) is 7. The number of ether oxygens (including phenoxy) is 1. The Bertz CT molecular complexity index is 1110. The average molecular weight is 468 g/mol. The van der Waals surface area contributed by atoms with Crippen LogP contribution in [0.25, 0.3) is 5.76 Å². The molecule has 9 heteroatoms. The van der Waals surface area contributed by atoms with E-state index in [9.17, 15) is 24.8 Å². The van der Waals surface area contributed by atoms with Crippen molar-refractivity contribution >= 4 is 23.1 Å². The molecule has 2 aromatic carbocycles. The number of amides is 1. The van der Waals surface area contributed by atoms with Crippen molar-refractivity contribution in [2.45, 2.75) is 32.4 Å². The van der Waals surface area contributed by atoms with E-state index in [1.165, 1.54) is 23.1 Å². The fraction of sp³-hybridized carbons (Fsp3) is 0.360. The number of carbonyl (C=O) groups excluding carboxylic acids is 2. The van der Waals surface area contributed by atoms with Crippen molar-refractivity contribution in [3.63, 3.8) is 0 Å². The van der Waals surface area contributed by atoms with E-state index in [4.69, 9.17) is 4.74 Å². The number of non-ortho nitro benzene ring substituents is 1. The van der Waals surface area contributed by atoms with Gasteiger partial charge in [0.1, 0.15) is 11.5 Å². The summed E-state index contributed by atoms with van der Waals surface area (Å²) >= 11 is 0. The van der Waals surface area contributed by atoms with Crippen LogP contribution in [-0.2, 0) is 9.59 Å². The van der Waals surface area contributed by atoms with Crippen LogP contribution in [0.4, 0.5) is 5.69 Å². The molecule has 1 aliphatic rings. The number of nitrogens with zero attached hydrogens (tertiary/aromatic N) is 3. The standard InChI is InChI=1S/C25H29N3O6/c1-16(2)34-20-11-9-17(10-12-20)23(29)21-22(18-7-5-8-19(15-18)28(32)33)27(25(31)24(21)30)14-6-13-26(3)4/h5,7-12,15-16,22,29H,6,13-14H2,1-4H3/b23-21-. The summed E-state index contributed by atoms with van der Waals surface area (Å²) in [6.45, 7) is 4.73. The summed E-state index contributed by atoms with van der Waals surface area (Å²) in [5.41, 5.74) is 0.483. The molecule has 1 unspecified atom stereocenters. The zero-order valence-electron chi connectivity index (χ0n) is 19.7. The Morgan fingerprint density at radius 1 is 1.18 bits per heavy atom. The minimum absolute atomic E-state index is 0.0270. The number of hydrogen-bond donors (Lipinski definition) is 1. The fourth-order valence-corrected chi connectivity index (χ4v) is 3.94. The molecule has 180 valence electrons. The Balaban J connectivity index is 2.08. The summed E-state index contributed by atoms with van der Waals surface area (Å²) < 4.78 is 5.62. The van der Waals surface area contributed by atoms with Crippen LogP contribution in [0.2, 0.25) is 0 Å². The van der Waals surface area contributed by atoms with Crippen molar-refractivity contribution in [2.24, 2.45) is 0 Å². The van der Waals surface area contributed by atoms with Gasteiger partial charge in [-0.1, -0.05) is 12.1 Å². The first-order valence-corrected chi connectivity index (χ1v) is 11.0. The lowest BCUT2D eigenvalue weighted by molar-refractivity contribution is -0.384. The first-order chi connectivity index (χ1) is 16.1. The normalized spacial score (nSPS) is 17.6. The maximum absolute atomic E-state index is 13.1. The number of Topliss-reactive ketones (excluding diaryl/α,β-unsaturated/α-hetero) is 1. The SMILES string of the molecule is CC(C)Oc1ccc(/C(O)=C2/C(=O)C(=O)N(CCCN(C)C)C2c2cccc([N+](=O)[O-])c2)cc1. The number of nitro benzene ring substituents is 1. The zero-order valence-corrected chi connectivity index (χ0v) is 19.7. The summed E-state index contributed by atoms with van der Waals surface area (Å²) in [5, 5.41) is 22.5. The molecule has 0 spiro atoms. The van der Waals surface area contributed by atoms with Crippen LogP contribution in [-0.4, -0.2) is 64.8 Å². The molecule has 1 atom stereocenters. The Morgan fingerprint density at radius 2 is 1.85 bits per heavy atom. The molecule has 1 N–H and O–H groups in total. The first-order valence-electron chi connectivity index (χ1n) is 11.0. The van der Waals surface area contributed by atoms with E-state index in [1.807, 2.05) is 32.8 Å². The number of likely N-dealkylation sites (tertiary alicyclic amines) is 1. The average Bonchev–Trinajstić information content (AvgIpc) is 3.03. The van der Waals surface area contributed by atoms with Crippen LogP contribution in [0.3, 0.4) is 0 Å². The Labute approximate surface area is 198 Å². The van der Waals surface area contributed by atoms with Gasteiger partial charge < -0.3 is 19.6 Å². The molecule has 34 heavy (non-hydrogen) atoms. The summed E-state index contributed by atoms with van der Waals surface area (Å²) in [7, 11) is 3.80. The highest BCUT2D eigenvalue weighted by Crippen LogP contribution is 2.40. The molecule has 3 rings (SSSR count). The maximum atomic E-state index is 13.1. The largest absolute Gasteiger partial charge is 0.507 e. The minimum atomic E-state index is -0.936. The highest BCUT2D eigenvalue weighted by atomic mass is 16.6. The van der Waals surface area contributed by atoms with Gasteiger partial charge in [0.2, 0.25) is 0 Å². The van der Waals surface area contributed by atoms with Gasteiger partial charge in [-0.2, -0.15) is 0 Å². The highest BCUT2D eigenvalue weighted by Gasteiger charge is 2.46. The lowest BCUT2D eigenvalue weighted by atomic mass is 9.95. The number of nitro groups is 1. The molecular weight excluding hydrogens is 438 g/mol. The Hall–Kier alpha value is -3.72. The number of benzene rings is 2. The van der Waals surface area contributed by atoms with Crippen molar-refractivity contribution < 1.29 is 24.4 Å². The van der Waals surface area contributed by atoms with E-state index in [0.29, 0.717) is 29.8 Å². The van der Waals surface area contributed by atoms with E-state index in [1.54, 1.807) is 30.3 Å². The van der Waals surface area contributed by atoms with Gasteiger partial charge in [0.15, 0.2) is 0 Å². The van der Waals surface area contributed by atoms with Gasteiger partial charge in [-0.25, -0.2) is 0 Å². The first kappa shape index (κ1) is 24.9. The lowest BCUT2D eigenvalue weighted by Crippen LogP contribution is -2.32. The van der Waals surface area contributed by atoms with Gasteiger partial charge in [-0.3, -0.25) is 19.7 Å². The topological polar surface area (TPSA) is 113 Å². The van der Waals surface area contributed by atoms with Crippen LogP contribution in [0, 0.1) is 10.1 Å². The molecule has 0 radical (unpaired) electrons. The minimum Gasteiger partial charge on any atom is -0.507 e. The second-order valence-electron chi connectivity index (χ2n) is 8.69. The summed E-state index contributed by atoms with van der Waals surface area (Å²) in [6.07, 6.45) is 0.563. The lowest BCUT2D eigenvalue weighted by Gasteiger charge is -2.25. The maximum Gasteiger partial charge on any atom is 0.295 e. The number of ketones is 1. The van der Waals surface area contributed by atoms with E-state index in [2.05, 4.69) is 0 Å². The van der Waals surface area contributed by atoms with Gasteiger partial charge in [0.05, 0.1) is 22.6 Å². The summed E-state index contributed by atoms with van der Waals surface area (Å²) in [4.78, 5) is 40.2. The third kappa shape index (κ3) is 5.43. The molecule has 0 bridgehead atoms. The van der Waals surface area contributed by atoms with E-state index < -0.39 is 22.7 Å². The predicted octanol–water partition coefficient (Wildman–Crippen LogP) is 3.76. The molecule has 9 nitrogen and oxygen atoms in total. The van der Waals surface area contributed by atoms with Crippen LogP contribution < -0.4 is 4.74 Å². The van der Waals surface area contributed by atoms with Gasteiger partial charge in [-0.05, 0) is 70.7 Å². The van der Waals surface area contributed by atoms with E-state index in [-0.39, 0.29) is 29.7 Å². The van der Waals surface area contributed by atoms with Crippen molar-refractivity contribution in [1.82, 2.24) is 9.80 Å². The third-order valence-electron chi connectivity index (χ3n) is 5.44. The zero-order chi connectivity index (χ0) is 25.0. The second-order valence-corrected chi connectivity index (χ2v) is 8.69. The van der Waals surface area contributed by atoms with Gasteiger partial charge in [-0.15, -0.1) is 0 Å². The summed E-state index contributed by atoms with van der Waals surface area (Å²) in [5.74, 6) is -1.29. The molecule has 1 fully saturated rings. The molecule has 1 saturated heterocycles. The number of carbonyl (C=O) groups is 2. The molecule has 0 aromatic heterocycles. The van der Waals surface area contributed by atoms with Gasteiger partial charge in [0.25, 0.3) is 17.4 Å². The van der Waals surface area contributed by atoms with Gasteiger partial charge >= 0.3 is 0 Å². The van der Waals surface area contributed by atoms with Crippen LogP contribution >= 0.6 is 0 Å². The molecule has 1 aliphatic heterocycles. The van der Waals surface area contributed by atoms with Crippen molar-refractivity contribution in [3.8, 4) is 5.75 Å². The second kappa shape index (κ2) is 10.5. The van der Waals surface area contributed by atoms with Crippen LogP contribution in [0.5, 0.6) is 5.75 Å². The van der Waals surface area contributed by atoms with Crippen molar-refractivity contribution in [3.05, 3.63) is 75.3 Å². The van der Waals surface area contributed by atoms with Gasteiger partial charge in [0, 0.05) is 24.2 Å². The molecule has 0 aliphatic carbocycles. The molecular formula is C25H29N3O6. The van der Waals surface area contributed by atoms with Crippen LogP contribution in [0.15, 0.2) is 54.1 Å². The van der Waals surface area contributed by atoms with E-state index >= 15 is 0 Å². The molecule has 1 amide bonds. The molecule has 2 aromatic rings. The smallest absolute Gasteiger partial charge is 0.295 e. The third-order valence-corrected chi connectivity index (χ3v) is 5.44. The van der Waals surface area contributed by atoms with E-state index in [0.717, 1.165) is 0 Å². The quantitative estimate of drug-likeness (QED) is 0.196.